The van der Waals surface area contributed by atoms with Crippen molar-refractivity contribution in [3.05, 3.63) is 41.7 Å². The fraction of sp³-hybridized carbons (Fsp3) is 0.524. The van der Waals surface area contributed by atoms with Crippen LogP contribution in [0.2, 0.25) is 0 Å². The van der Waals surface area contributed by atoms with Gasteiger partial charge in [-0.1, -0.05) is 44.2 Å². The average Bonchev–Trinajstić information content (AvgIpc) is 3.05. The highest BCUT2D eigenvalue weighted by molar-refractivity contribution is 5.94. The molecule has 0 saturated heterocycles. The maximum Gasteiger partial charge on any atom is 0.419 e. The van der Waals surface area contributed by atoms with Gasteiger partial charge in [-0.3, -0.25) is 4.79 Å². The van der Waals surface area contributed by atoms with Crippen LogP contribution in [0.1, 0.15) is 44.1 Å². The summed E-state index contributed by atoms with van der Waals surface area (Å²) < 4.78 is 49.8. The van der Waals surface area contributed by atoms with Crippen molar-refractivity contribution < 1.29 is 32.2 Å². The highest BCUT2D eigenvalue weighted by Gasteiger charge is 2.38. The molecule has 0 bridgehead atoms. The molecule has 1 heterocycles. The third-order valence-corrected chi connectivity index (χ3v) is 5.46. The normalized spacial score (nSPS) is 19.1. The van der Waals surface area contributed by atoms with E-state index in [1.165, 1.54) is 36.6 Å². The lowest BCUT2D eigenvalue weighted by Gasteiger charge is -2.30. The van der Waals surface area contributed by atoms with Gasteiger partial charge in [-0.15, -0.1) is 0 Å². The van der Waals surface area contributed by atoms with Crippen LogP contribution in [0.4, 0.5) is 13.2 Å². The molecule has 1 atom stereocenters. The number of halogens is 3. The van der Waals surface area contributed by atoms with Gasteiger partial charge in [0, 0.05) is 6.08 Å². The molecule has 1 aliphatic heterocycles. The van der Waals surface area contributed by atoms with Gasteiger partial charge < -0.3 is 14.4 Å². The fourth-order valence-corrected chi connectivity index (χ4v) is 3.99. The lowest BCUT2D eigenvalue weighted by molar-refractivity contribution is -0.151. The van der Waals surface area contributed by atoms with Gasteiger partial charge in [0.15, 0.2) is 0 Å². The number of carbonyl (C=O) groups excluding carboxylic acids is 2. The van der Waals surface area contributed by atoms with Crippen molar-refractivity contribution in [3.63, 3.8) is 0 Å². The number of benzene rings is 1. The van der Waals surface area contributed by atoms with E-state index >= 15 is 0 Å². The quantitative estimate of drug-likeness (QED) is 0.654. The van der Waals surface area contributed by atoms with E-state index in [-0.39, 0.29) is 18.1 Å². The summed E-state index contributed by atoms with van der Waals surface area (Å²) in [4.78, 5) is 26.2. The summed E-state index contributed by atoms with van der Waals surface area (Å²) in [6.45, 7) is -0.0719. The van der Waals surface area contributed by atoms with Crippen molar-refractivity contribution >= 4 is 11.9 Å². The minimum atomic E-state index is -4.57. The molecule has 5 nitrogen and oxygen atoms in total. The largest absolute Gasteiger partial charge is 0.467 e. The summed E-state index contributed by atoms with van der Waals surface area (Å²) in [5.74, 6) is -0.964. The van der Waals surface area contributed by atoms with Crippen LogP contribution in [0.5, 0.6) is 5.75 Å². The Labute approximate surface area is 167 Å². The number of hydrogen-bond donors (Lipinski definition) is 0. The van der Waals surface area contributed by atoms with Crippen LogP contribution in [0.25, 0.3) is 0 Å². The Bertz CT molecular complexity index is 784. The number of methoxy groups -OCH3 is 1. The van der Waals surface area contributed by atoms with Crippen LogP contribution in [-0.4, -0.2) is 36.5 Å². The van der Waals surface area contributed by atoms with E-state index in [4.69, 9.17) is 9.47 Å². The minimum absolute atomic E-state index is 0.0719. The van der Waals surface area contributed by atoms with Crippen molar-refractivity contribution in [2.45, 2.75) is 50.7 Å². The maximum atomic E-state index is 13.2. The van der Waals surface area contributed by atoms with Crippen LogP contribution in [0.3, 0.4) is 0 Å². The van der Waals surface area contributed by atoms with E-state index in [0.29, 0.717) is 12.3 Å². The first-order valence-electron chi connectivity index (χ1n) is 9.72. The van der Waals surface area contributed by atoms with Crippen molar-refractivity contribution in [2.75, 3.05) is 13.7 Å². The summed E-state index contributed by atoms with van der Waals surface area (Å²) in [6.07, 6.45) is 2.38. The van der Waals surface area contributed by atoms with Gasteiger partial charge >= 0.3 is 12.1 Å². The highest BCUT2D eigenvalue weighted by atomic mass is 19.4. The number of esters is 1. The number of alkyl halides is 3. The average molecular weight is 411 g/mol. The second kappa shape index (κ2) is 8.88. The van der Waals surface area contributed by atoms with Crippen molar-refractivity contribution in [1.29, 1.82) is 0 Å². The van der Waals surface area contributed by atoms with E-state index in [0.717, 1.165) is 37.8 Å². The molecule has 0 unspecified atom stereocenters. The van der Waals surface area contributed by atoms with Gasteiger partial charge in [0.1, 0.15) is 17.6 Å². The number of rotatable bonds is 6. The highest BCUT2D eigenvalue weighted by Crippen LogP contribution is 2.37. The summed E-state index contributed by atoms with van der Waals surface area (Å²) in [5.41, 5.74) is -0.918. The first-order valence-corrected chi connectivity index (χ1v) is 9.72. The maximum absolute atomic E-state index is 13.2. The van der Waals surface area contributed by atoms with Crippen molar-refractivity contribution in [1.82, 2.24) is 4.90 Å². The molecule has 2 aliphatic rings. The number of amides is 1. The summed E-state index contributed by atoms with van der Waals surface area (Å²) in [6, 6.07) is 4.06. The molecule has 1 aromatic carbocycles. The van der Waals surface area contributed by atoms with Crippen molar-refractivity contribution in [3.8, 4) is 5.75 Å². The second-order valence-electron chi connectivity index (χ2n) is 7.45. The smallest absolute Gasteiger partial charge is 0.419 e. The Hall–Kier alpha value is -2.51. The zero-order chi connectivity index (χ0) is 21.0. The van der Waals surface area contributed by atoms with Gasteiger partial charge in [-0.05, 0) is 24.5 Å². The zero-order valence-corrected chi connectivity index (χ0v) is 16.2. The summed E-state index contributed by atoms with van der Waals surface area (Å²) >= 11 is 0. The molecule has 158 valence electrons. The molecular formula is C21H24F3NO4. The Balaban J connectivity index is 1.73. The molecule has 0 N–H and O–H groups in total. The van der Waals surface area contributed by atoms with Crippen LogP contribution in [0.15, 0.2) is 36.1 Å². The molecule has 1 saturated carbocycles. The topological polar surface area (TPSA) is 55.8 Å². The van der Waals surface area contributed by atoms with E-state index in [1.807, 2.05) is 0 Å². The van der Waals surface area contributed by atoms with E-state index in [1.54, 1.807) is 0 Å². The Kier molecular flexibility index (Phi) is 6.49. The number of carbonyl (C=O) groups is 2. The monoisotopic (exact) mass is 411 g/mol. The molecule has 1 amide bonds. The van der Waals surface area contributed by atoms with Crippen LogP contribution < -0.4 is 4.74 Å². The number of ether oxygens (including phenoxy) is 2. The number of hydrogen-bond acceptors (Lipinski definition) is 4. The van der Waals surface area contributed by atoms with E-state index in [9.17, 15) is 22.8 Å². The van der Waals surface area contributed by atoms with Gasteiger partial charge in [-0.2, -0.15) is 13.2 Å². The Morgan fingerprint density at radius 1 is 1.21 bits per heavy atom. The molecule has 8 heteroatoms. The predicted octanol–water partition coefficient (Wildman–Crippen LogP) is 4.32. The van der Waals surface area contributed by atoms with Crippen molar-refractivity contribution in [2.24, 2.45) is 5.92 Å². The van der Waals surface area contributed by atoms with Gasteiger partial charge in [0.25, 0.3) is 5.91 Å². The summed E-state index contributed by atoms with van der Waals surface area (Å²) in [7, 11) is 1.27. The molecule has 0 spiro atoms. The lowest BCUT2D eigenvalue weighted by Crippen LogP contribution is -2.44. The Morgan fingerprint density at radius 3 is 2.55 bits per heavy atom. The van der Waals surface area contributed by atoms with Crippen LogP contribution >= 0.6 is 0 Å². The molecule has 1 fully saturated rings. The molecule has 0 radical (unpaired) electrons. The first-order chi connectivity index (χ1) is 13.8. The molecule has 3 rings (SSSR count). The van der Waals surface area contributed by atoms with E-state index < -0.39 is 29.7 Å². The molecular weight excluding hydrogens is 387 g/mol. The van der Waals surface area contributed by atoms with Gasteiger partial charge in [0.2, 0.25) is 0 Å². The third kappa shape index (κ3) is 5.10. The Morgan fingerprint density at radius 2 is 1.90 bits per heavy atom. The first kappa shape index (κ1) is 21.2. The second-order valence-corrected chi connectivity index (χ2v) is 7.45. The number of para-hydroxylation sites is 1. The molecule has 29 heavy (non-hydrogen) atoms. The lowest BCUT2D eigenvalue weighted by atomic mass is 9.84. The molecule has 1 aromatic rings. The van der Waals surface area contributed by atoms with Gasteiger partial charge in [0.05, 0.1) is 19.2 Å². The summed E-state index contributed by atoms with van der Waals surface area (Å²) in [5, 5.41) is 0. The molecule has 1 aliphatic carbocycles. The predicted molar refractivity (Wildman–Crippen MR) is 98.9 cm³/mol. The minimum Gasteiger partial charge on any atom is -0.467 e. The van der Waals surface area contributed by atoms with Crippen LogP contribution in [-0.2, 0) is 20.5 Å². The van der Waals surface area contributed by atoms with E-state index in [2.05, 4.69) is 0 Å². The van der Waals surface area contributed by atoms with Crippen LogP contribution in [0, 0.1) is 5.92 Å². The zero-order valence-electron chi connectivity index (χ0n) is 16.2. The fourth-order valence-electron chi connectivity index (χ4n) is 3.99. The van der Waals surface area contributed by atoms with Gasteiger partial charge in [-0.25, -0.2) is 4.79 Å². The third-order valence-electron chi connectivity index (χ3n) is 5.46. The molecule has 0 aromatic heterocycles. The standard InChI is InChI=1S/C21H24F3NO4/c1-28-20(27)17(11-14-7-3-2-4-8-14)25-13-15(12-19(25)26)29-18-10-6-5-9-16(18)21(22,23)24/h5-6,9-10,12,14,17H,2-4,7-8,11,13H2,1H3/t17-/m0/s1. The number of nitrogens with zero attached hydrogens (tertiary/aromatic N) is 1. The SMILES string of the molecule is COC(=O)[C@H](CC1CCCCC1)N1CC(Oc2ccccc2C(F)(F)F)=CC1=O.